The van der Waals surface area contributed by atoms with Crippen molar-refractivity contribution in [3.8, 4) is 11.5 Å². The van der Waals surface area contributed by atoms with Gasteiger partial charge in [0.2, 0.25) is 0 Å². The highest BCUT2D eigenvalue weighted by Crippen LogP contribution is 2.33. The van der Waals surface area contributed by atoms with Crippen LogP contribution in [0.15, 0.2) is 12.1 Å². The molecule has 0 atom stereocenters. The summed E-state index contributed by atoms with van der Waals surface area (Å²) < 4.78 is 38.6. The lowest BCUT2D eigenvalue weighted by atomic mass is 10.2. The van der Waals surface area contributed by atoms with Crippen LogP contribution in [0.4, 0.5) is 8.78 Å². The summed E-state index contributed by atoms with van der Waals surface area (Å²) in [4.78, 5) is 0. The predicted molar refractivity (Wildman–Crippen MR) is 85.6 cm³/mol. The van der Waals surface area contributed by atoms with Crippen LogP contribution in [0.1, 0.15) is 65.2 Å². The normalized spacial score (nSPS) is 10.7. The van der Waals surface area contributed by atoms with Gasteiger partial charge in [0.25, 0.3) is 0 Å². The Morgan fingerprint density at radius 1 is 0.682 bits per heavy atom. The van der Waals surface area contributed by atoms with Crippen LogP contribution in [0.25, 0.3) is 0 Å². The second kappa shape index (κ2) is 11.3. The summed E-state index contributed by atoms with van der Waals surface area (Å²) >= 11 is 0. The fourth-order valence-corrected chi connectivity index (χ4v) is 2.19. The van der Waals surface area contributed by atoms with Crippen molar-refractivity contribution in [2.45, 2.75) is 65.2 Å². The molecule has 0 aliphatic carbocycles. The first-order valence-electron chi connectivity index (χ1n) is 8.44. The van der Waals surface area contributed by atoms with E-state index >= 15 is 0 Å². The van der Waals surface area contributed by atoms with Crippen LogP contribution in [-0.4, -0.2) is 13.2 Å². The fourth-order valence-electron chi connectivity index (χ4n) is 2.19. The SMILES string of the molecule is CCCCCCOc1c(F)ccc(F)c1OCCCCCC. The van der Waals surface area contributed by atoms with Crippen molar-refractivity contribution in [3.63, 3.8) is 0 Å². The monoisotopic (exact) mass is 314 g/mol. The molecule has 0 amide bonds. The van der Waals surface area contributed by atoms with E-state index in [0.29, 0.717) is 13.2 Å². The van der Waals surface area contributed by atoms with E-state index in [0.717, 1.165) is 63.5 Å². The number of rotatable bonds is 12. The van der Waals surface area contributed by atoms with Crippen molar-refractivity contribution >= 4 is 0 Å². The molecule has 0 heterocycles. The molecule has 0 fully saturated rings. The van der Waals surface area contributed by atoms with E-state index < -0.39 is 11.6 Å². The molecule has 0 aliphatic heterocycles. The van der Waals surface area contributed by atoms with Crippen molar-refractivity contribution in [1.29, 1.82) is 0 Å². The smallest absolute Gasteiger partial charge is 0.200 e. The molecule has 22 heavy (non-hydrogen) atoms. The van der Waals surface area contributed by atoms with E-state index in [1.54, 1.807) is 0 Å². The average Bonchev–Trinajstić information content (AvgIpc) is 2.52. The molecule has 0 saturated carbocycles. The third-order valence-electron chi connectivity index (χ3n) is 3.50. The second-order valence-corrected chi connectivity index (χ2v) is 5.51. The topological polar surface area (TPSA) is 18.5 Å². The average molecular weight is 314 g/mol. The first-order chi connectivity index (χ1) is 10.7. The Labute approximate surface area is 132 Å². The molecular weight excluding hydrogens is 286 g/mol. The lowest BCUT2D eigenvalue weighted by Crippen LogP contribution is -2.06. The molecule has 0 radical (unpaired) electrons. The van der Waals surface area contributed by atoms with Gasteiger partial charge in [-0.1, -0.05) is 52.4 Å². The number of benzene rings is 1. The Balaban J connectivity index is 2.55. The van der Waals surface area contributed by atoms with Gasteiger partial charge < -0.3 is 9.47 Å². The minimum atomic E-state index is -0.569. The van der Waals surface area contributed by atoms with Crippen molar-refractivity contribution < 1.29 is 18.3 Å². The third kappa shape index (κ3) is 6.63. The summed E-state index contributed by atoms with van der Waals surface area (Å²) in [5.41, 5.74) is 0. The lowest BCUT2D eigenvalue weighted by molar-refractivity contribution is 0.239. The Morgan fingerprint density at radius 2 is 1.09 bits per heavy atom. The van der Waals surface area contributed by atoms with Crippen LogP contribution in [0, 0.1) is 11.6 Å². The maximum absolute atomic E-state index is 13.9. The minimum Gasteiger partial charge on any atom is -0.487 e. The van der Waals surface area contributed by atoms with Crippen LogP contribution in [0.2, 0.25) is 0 Å². The van der Waals surface area contributed by atoms with Gasteiger partial charge in [-0.05, 0) is 25.0 Å². The van der Waals surface area contributed by atoms with Gasteiger partial charge in [-0.3, -0.25) is 0 Å². The Hall–Kier alpha value is -1.32. The van der Waals surface area contributed by atoms with Crippen LogP contribution in [0.5, 0.6) is 11.5 Å². The molecule has 126 valence electrons. The minimum absolute atomic E-state index is 0.0908. The van der Waals surface area contributed by atoms with Gasteiger partial charge >= 0.3 is 0 Å². The van der Waals surface area contributed by atoms with E-state index in [-0.39, 0.29) is 11.5 Å². The van der Waals surface area contributed by atoms with E-state index in [9.17, 15) is 8.78 Å². The van der Waals surface area contributed by atoms with Gasteiger partial charge in [0.1, 0.15) is 0 Å². The van der Waals surface area contributed by atoms with Crippen molar-refractivity contribution in [1.82, 2.24) is 0 Å². The summed E-state index contributed by atoms with van der Waals surface area (Å²) in [6, 6.07) is 2.17. The zero-order valence-corrected chi connectivity index (χ0v) is 13.8. The van der Waals surface area contributed by atoms with Crippen molar-refractivity contribution in [3.05, 3.63) is 23.8 Å². The summed E-state index contributed by atoms with van der Waals surface area (Å²) in [5, 5.41) is 0. The summed E-state index contributed by atoms with van der Waals surface area (Å²) in [7, 11) is 0. The van der Waals surface area contributed by atoms with Gasteiger partial charge in [-0.25, -0.2) is 8.78 Å². The number of hydrogen-bond donors (Lipinski definition) is 0. The highest BCUT2D eigenvalue weighted by Gasteiger charge is 2.16. The molecule has 0 saturated heterocycles. The van der Waals surface area contributed by atoms with Crippen molar-refractivity contribution in [2.24, 2.45) is 0 Å². The molecule has 0 spiro atoms. The van der Waals surface area contributed by atoms with E-state index in [1.165, 1.54) is 0 Å². The molecule has 1 aromatic rings. The van der Waals surface area contributed by atoms with E-state index in [1.807, 2.05) is 0 Å². The van der Waals surface area contributed by atoms with Gasteiger partial charge in [0, 0.05) is 0 Å². The maximum Gasteiger partial charge on any atom is 0.200 e. The first kappa shape index (κ1) is 18.7. The zero-order valence-electron chi connectivity index (χ0n) is 13.8. The summed E-state index contributed by atoms with van der Waals surface area (Å²) in [5.74, 6) is -1.32. The zero-order chi connectivity index (χ0) is 16.2. The van der Waals surface area contributed by atoms with Gasteiger partial charge in [-0.2, -0.15) is 0 Å². The third-order valence-corrected chi connectivity index (χ3v) is 3.50. The Morgan fingerprint density at radius 3 is 1.45 bits per heavy atom. The number of unbranched alkanes of at least 4 members (excludes halogenated alkanes) is 6. The summed E-state index contributed by atoms with van der Waals surface area (Å²) in [6.45, 7) is 5.01. The fraction of sp³-hybridized carbons (Fsp3) is 0.667. The standard InChI is InChI=1S/C18H28F2O2/c1-3-5-7-9-13-21-17-15(19)11-12-16(20)18(17)22-14-10-8-6-4-2/h11-12H,3-10,13-14H2,1-2H3. The largest absolute Gasteiger partial charge is 0.487 e. The van der Waals surface area contributed by atoms with Crippen LogP contribution in [0.3, 0.4) is 0 Å². The Kier molecular flexibility index (Phi) is 9.60. The molecule has 0 bridgehead atoms. The molecule has 0 aromatic heterocycles. The van der Waals surface area contributed by atoms with Crippen LogP contribution in [-0.2, 0) is 0 Å². The summed E-state index contributed by atoms with van der Waals surface area (Å²) in [6.07, 6.45) is 8.22. The molecule has 1 aromatic carbocycles. The van der Waals surface area contributed by atoms with Gasteiger partial charge in [0.15, 0.2) is 23.1 Å². The molecule has 0 unspecified atom stereocenters. The van der Waals surface area contributed by atoms with E-state index in [2.05, 4.69) is 13.8 Å². The molecular formula is C18H28F2O2. The van der Waals surface area contributed by atoms with Crippen LogP contribution >= 0.6 is 0 Å². The first-order valence-corrected chi connectivity index (χ1v) is 8.44. The number of halogens is 2. The Bertz CT molecular complexity index is 383. The van der Waals surface area contributed by atoms with Gasteiger partial charge in [0.05, 0.1) is 13.2 Å². The molecule has 4 heteroatoms. The quantitative estimate of drug-likeness (QED) is 0.448. The molecule has 0 N–H and O–H groups in total. The molecule has 0 aliphatic rings. The molecule has 2 nitrogen and oxygen atoms in total. The number of hydrogen-bond acceptors (Lipinski definition) is 2. The highest BCUT2D eigenvalue weighted by atomic mass is 19.1. The maximum atomic E-state index is 13.9. The van der Waals surface area contributed by atoms with Crippen LogP contribution < -0.4 is 9.47 Å². The van der Waals surface area contributed by atoms with Crippen molar-refractivity contribution in [2.75, 3.05) is 13.2 Å². The van der Waals surface area contributed by atoms with E-state index in [4.69, 9.17) is 9.47 Å². The highest BCUT2D eigenvalue weighted by molar-refractivity contribution is 5.42. The molecule has 1 rings (SSSR count). The van der Waals surface area contributed by atoms with Gasteiger partial charge in [-0.15, -0.1) is 0 Å². The lowest BCUT2D eigenvalue weighted by Gasteiger charge is -2.14. The number of ether oxygens (including phenoxy) is 2. The predicted octanol–water partition coefficient (Wildman–Crippen LogP) is 5.88. The second-order valence-electron chi connectivity index (χ2n) is 5.51.